The summed E-state index contributed by atoms with van der Waals surface area (Å²) in [6.45, 7) is 4.39. The second-order valence-electron chi connectivity index (χ2n) is 8.91. The summed E-state index contributed by atoms with van der Waals surface area (Å²) in [4.78, 5) is 42.6. The van der Waals surface area contributed by atoms with Crippen LogP contribution >= 0.6 is 11.8 Å². The van der Waals surface area contributed by atoms with E-state index in [0.29, 0.717) is 36.7 Å². The summed E-state index contributed by atoms with van der Waals surface area (Å²) in [5.41, 5.74) is 0.0304. The minimum atomic E-state index is -1.13. The number of rotatable bonds is 10. The van der Waals surface area contributed by atoms with Crippen LogP contribution in [0.2, 0.25) is 0 Å². The lowest BCUT2D eigenvalue weighted by atomic mass is 9.79. The zero-order valence-electron chi connectivity index (χ0n) is 18.9. The zero-order chi connectivity index (χ0) is 24.6. The third-order valence-electron chi connectivity index (χ3n) is 6.50. The number of aliphatic hydroxyl groups excluding tert-OH is 2. The molecule has 4 heterocycles. The summed E-state index contributed by atoms with van der Waals surface area (Å²) in [6.07, 6.45) is 0.772. The first-order chi connectivity index (χ1) is 16.2. The Labute approximate surface area is 200 Å². The van der Waals surface area contributed by atoms with E-state index in [4.69, 9.17) is 9.63 Å². The van der Waals surface area contributed by atoms with Crippen LogP contribution in [0.15, 0.2) is 15.1 Å². The van der Waals surface area contributed by atoms with E-state index in [1.807, 2.05) is 6.92 Å². The maximum atomic E-state index is 12.5. The number of carboxylic acid groups (broad SMARTS) is 1. The molecular formula is C21H29N5O7S. The number of thioether (sulfide) groups is 1. The largest absolute Gasteiger partial charge is 0.477 e. The fourth-order valence-electron chi connectivity index (χ4n) is 4.89. The van der Waals surface area contributed by atoms with Crippen LogP contribution in [0.25, 0.3) is 0 Å². The quantitative estimate of drug-likeness (QED) is 0.206. The number of nitrogens with one attached hydrogen (secondary N) is 2. The maximum absolute atomic E-state index is 12.5. The molecule has 1 aromatic rings. The van der Waals surface area contributed by atoms with Gasteiger partial charge in [-0.25, -0.2) is 4.79 Å². The molecule has 6 atom stereocenters. The molecule has 2 fully saturated rings. The highest BCUT2D eigenvalue weighted by Gasteiger charge is 2.60. The van der Waals surface area contributed by atoms with Crippen molar-refractivity contribution >= 4 is 29.5 Å². The number of carbonyl (C=O) groups is 3. The first kappa shape index (κ1) is 24.6. The number of hydrogen-bond donors (Lipinski definition) is 5. The van der Waals surface area contributed by atoms with Crippen LogP contribution in [-0.2, 0) is 16.0 Å². The lowest BCUT2D eigenvalue weighted by Gasteiger charge is -2.46. The van der Waals surface area contributed by atoms with Gasteiger partial charge in [-0.15, -0.1) is 11.8 Å². The number of aromatic nitrogens is 2. The SMILES string of the molecule is C[C@@H](O)C1C(=O)N2C(C(=O)O)=C(S[C@@H]3CN[C@H](Cc4noc(C(=O)NCCCO)n4)C3)[C@H](C)C12. The normalized spacial score (nSPS) is 29.2. The molecule has 0 spiro atoms. The predicted octanol–water partition coefficient (Wildman–Crippen LogP) is -0.658. The molecule has 0 aliphatic carbocycles. The smallest absolute Gasteiger partial charge is 0.353 e. The molecule has 1 aromatic heterocycles. The van der Waals surface area contributed by atoms with Crippen molar-refractivity contribution in [3.8, 4) is 0 Å². The number of β-lactam (4-membered cyclic amide) rings is 1. The molecule has 0 radical (unpaired) electrons. The number of hydrogen-bond acceptors (Lipinski definition) is 10. The van der Waals surface area contributed by atoms with Crippen LogP contribution in [0.1, 0.15) is 43.2 Å². The molecule has 0 aromatic carbocycles. The molecule has 13 heteroatoms. The highest BCUT2D eigenvalue weighted by Crippen LogP contribution is 2.51. The summed E-state index contributed by atoms with van der Waals surface area (Å²) in [5, 5.41) is 38.5. The number of aliphatic hydroxyl groups is 2. The van der Waals surface area contributed by atoms with Crippen LogP contribution in [0.5, 0.6) is 0 Å². The third kappa shape index (κ3) is 4.57. The summed E-state index contributed by atoms with van der Waals surface area (Å²) >= 11 is 1.47. The Morgan fingerprint density at radius 2 is 2.18 bits per heavy atom. The standard InChI is InChI=1S/C21H29N5O7S/c1-9-15-14(10(2)28)20(30)26(15)16(21(31)32)17(9)34-12-6-11(23-8-12)7-13-24-19(33-25-13)18(29)22-4-3-5-27/h9-12,14-15,23,27-28H,3-8H2,1-2H3,(H,22,29)(H,31,32)/t9-,10-,11+,12+,14?,15?/m1/s1. The fraction of sp³-hybridized carbons (Fsp3) is 0.667. The predicted molar refractivity (Wildman–Crippen MR) is 119 cm³/mol. The van der Waals surface area contributed by atoms with E-state index in [9.17, 15) is 24.6 Å². The van der Waals surface area contributed by atoms with Crippen molar-refractivity contribution in [2.24, 2.45) is 11.8 Å². The Morgan fingerprint density at radius 3 is 2.85 bits per heavy atom. The van der Waals surface area contributed by atoms with Crippen LogP contribution in [-0.4, -0.2) is 91.3 Å². The van der Waals surface area contributed by atoms with Gasteiger partial charge in [0.1, 0.15) is 5.70 Å². The molecule has 3 aliphatic heterocycles. The van der Waals surface area contributed by atoms with Gasteiger partial charge in [0.25, 0.3) is 0 Å². The van der Waals surface area contributed by atoms with Gasteiger partial charge in [0.05, 0.1) is 18.1 Å². The Kier molecular flexibility index (Phi) is 7.26. The number of carboxylic acids is 1. The highest BCUT2D eigenvalue weighted by atomic mass is 32.2. The van der Waals surface area contributed by atoms with Gasteiger partial charge in [-0.3, -0.25) is 9.59 Å². The van der Waals surface area contributed by atoms with Gasteiger partial charge in [0.15, 0.2) is 5.82 Å². The summed E-state index contributed by atoms with van der Waals surface area (Å²) in [7, 11) is 0. The average molecular weight is 496 g/mol. The van der Waals surface area contributed by atoms with E-state index in [1.165, 1.54) is 16.7 Å². The minimum absolute atomic E-state index is 0.0230. The van der Waals surface area contributed by atoms with E-state index < -0.39 is 23.9 Å². The second kappa shape index (κ2) is 10.0. The molecule has 2 unspecified atom stereocenters. The molecule has 186 valence electrons. The van der Waals surface area contributed by atoms with Crippen molar-refractivity contribution < 1.29 is 34.2 Å². The maximum Gasteiger partial charge on any atom is 0.353 e. The Hall–Kier alpha value is -2.48. The summed E-state index contributed by atoms with van der Waals surface area (Å²) in [5.74, 6) is -2.44. The van der Waals surface area contributed by atoms with Gasteiger partial charge in [-0.1, -0.05) is 12.1 Å². The van der Waals surface area contributed by atoms with Gasteiger partial charge in [-0.2, -0.15) is 4.98 Å². The van der Waals surface area contributed by atoms with E-state index in [1.54, 1.807) is 6.92 Å². The van der Waals surface area contributed by atoms with E-state index >= 15 is 0 Å². The monoisotopic (exact) mass is 495 g/mol. The van der Waals surface area contributed by atoms with Gasteiger partial charge >= 0.3 is 17.8 Å². The number of amides is 2. The lowest BCUT2D eigenvalue weighted by molar-refractivity contribution is -0.163. The summed E-state index contributed by atoms with van der Waals surface area (Å²) in [6, 6.07) is -0.303. The Bertz CT molecular complexity index is 996. The van der Waals surface area contributed by atoms with E-state index in [0.717, 1.165) is 6.42 Å². The molecule has 34 heavy (non-hydrogen) atoms. The van der Waals surface area contributed by atoms with Crippen molar-refractivity contribution in [1.29, 1.82) is 0 Å². The number of aliphatic carboxylic acids is 1. The number of carbonyl (C=O) groups excluding carboxylic acids is 2. The van der Waals surface area contributed by atoms with E-state index in [2.05, 4.69) is 20.8 Å². The van der Waals surface area contributed by atoms with Crippen molar-refractivity contribution in [3.05, 3.63) is 22.3 Å². The third-order valence-corrected chi connectivity index (χ3v) is 8.01. The molecular weight excluding hydrogens is 466 g/mol. The summed E-state index contributed by atoms with van der Waals surface area (Å²) < 4.78 is 5.03. The van der Waals surface area contributed by atoms with Crippen LogP contribution in [0.4, 0.5) is 0 Å². The van der Waals surface area contributed by atoms with Gasteiger partial charge in [0, 0.05) is 48.2 Å². The van der Waals surface area contributed by atoms with Crippen LogP contribution < -0.4 is 10.6 Å². The number of nitrogens with zero attached hydrogens (tertiary/aromatic N) is 3. The molecule has 2 amide bonds. The van der Waals surface area contributed by atoms with Crippen molar-refractivity contribution in [1.82, 2.24) is 25.7 Å². The van der Waals surface area contributed by atoms with Crippen molar-refractivity contribution in [2.75, 3.05) is 19.7 Å². The zero-order valence-corrected chi connectivity index (χ0v) is 19.7. The van der Waals surface area contributed by atoms with Gasteiger partial charge < -0.3 is 35.4 Å². The Balaban J connectivity index is 1.36. The number of fused-ring (bicyclic) bond motifs is 1. The molecule has 0 bridgehead atoms. The molecule has 0 saturated carbocycles. The van der Waals surface area contributed by atoms with Gasteiger partial charge in [-0.05, 0) is 19.8 Å². The molecule has 3 aliphatic rings. The second-order valence-corrected chi connectivity index (χ2v) is 10.2. The van der Waals surface area contributed by atoms with Gasteiger partial charge in [0.2, 0.25) is 5.91 Å². The highest BCUT2D eigenvalue weighted by molar-refractivity contribution is 8.03. The Morgan fingerprint density at radius 1 is 1.41 bits per heavy atom. The fourth-order valence-corrected chi connectivity index (χ4v) is 6.41. The topological polar surface area (TPSA) is 178 Å². The average Bonchev–Trinajstić information content (AvgIpc) is 3.47. The molecule has 2 saturated heterocycles. The van der Waals surface area contributed by atoms with Crippen LogP contribution in [0.3, 0.4) is 0 Å². The molecule has 5 N–H and O–H groups in total. The lowest BCUT2D eigenvalue weighted by Crippen LogP contribution is -2.63. The minimum Gasteiger partial charge on any atom is -0.477 e. The first-order valence-electron chi connectivity index (χ1n) is 11.3. The first-order valence-corrected chi connectivity index (χ1v) is 12.2. The van der Waals surface area contributed by atoms with Crippen molar-refractivity contribution in [2.45, 2.75) is 56.5 Å². The van der Waals surface area contributed by atoms with Crippen LogP contribution in [0, 0.1) is 11.8 Å². The van der Waals surface area contributed by atoms with E-state index in [-0.39, 0.29) is 47.4 Å². The molecule has 12 nitrogen and oxygen atoms in total. The van der Waals surface area contributed by atoms with Crippen molar-refractivity contribution in [3.63, 3.8) is 0 Å². The molecule has 4 rings (SSSR count).